The van der Waals surface area contributed by atoms with Crippen LogP contribution in [0.15, 0.2) is 0 Å². The van der Waals surface area contributed by atoms with Crippen LogP contribution in [0.4, 0.5) is 0 Å². The highest BCUT2D eigenvalue weighted by Crippen LogP contribution is 2.28. The van der Waals surface area contributed by atoms with Crippen LogP contribution < -0.4 is 0 Å². The van der Waals surface area contributed by atoms with Crippen molar-refractivity contribution in [1.82, 2.24) is 4.90 Å². The number of hydrogen-bond donors (Lipinski definition) is 1. The monoisotopic (exact) mass is 271 g/mol. The second-order valence-corrected chi connectivity index (χ2v) is 6.25. The molecule has 1 rings (SSSR count). The number of likely N-dealkylation sites (N-methyl/N-ethyl adjacent to an activating group) is 1. The minimum Gasteiger partial charge on any atom is -0.481 e. The van der Waals surface area contributed by atoms with Gasteiger partial charge in [0.15, 0.2) is 0 Å². The van der Waals surface area contributed by atoms with E-state index in [9.17, 15) is 9.59 Å². The summed E-state index contributed by atoms with van der Waals surface area (Å²) in [6.45, 7) is 5.52. The third kappa shape index (κ3) is 7.15. The number of carbonyl (C=O) groups is 2. The van der Waals surface area contributed by atoms with Gasteiger partial charge in [-0.3, -0.25) is 9.59 Å². The molecular formula is C14H25NO4. The number of hydrogen-bond acceptors (Lipinski definition) is 3. The highest BCUT2D eigenvalue weighted by Gasteiger charge is 2.26. The van der Waals surface area contributed by atoms with Crippen LogP contribution in [0, 0.1) is 11.3 Å². The number of rotatable bonds is 9. The molecule has 0 heterocycles. The van der Waals surface area contributed by atoms with Gasteiger partial charge in [0.25, 0.3) is 0 Å². The van der Waals surface area contributed by atoms with Gasteiger partial charge in [-0.25, -0.2) is 0 Å². The first kappa shape index (κ1) is 16.0. The van der Waals surface area contributed by atoms with E-state index in [-0.39, 0.29) is 18.7 Å². The van der Waals surface area contributed by atoms with Crippen molar-refractivity contribution in [2.24, 2.45) is 11.3 Å². The normalized spacial score (nSPS) is 15.3. The minimum absolute atomic E-state index is 0.00472. The fourth-order valence-electron chi connectivity index (χ4n) is 1.88. The molecule has 1 N–H and O–H groups in total. The zero-order chi connectivity index (χ0) is 14.5. The van der Waals surface area contributed by atoms with Gasteiger partial charge in [0, 0.05) is 26.6 Å². The Bertz CT molecular complexity index is 323. The van der Waals surface area contributed by atoms with Gasteiger partial charge in [0.2, 0.25) is 5.91 Å². The highest BCUT2D eigenvalue weighted by molar-refractivity contribution is 5.77. The smallest absolute Gasteiger partial charge is 0.303 e. The molecule has 110 valence electrons. The van der Waals surface area contributed by atoms with Crippen LogP contribution in [-0.2, 0) is 14.3 Å². The Morgan fingerprint density at radius 2 is 1.95 bits per heavy atom. The average molecular weight is 271 g/mol. The Labute approximate surface area is 114 Å². The van der Waals surface area contributed by atoms with E-state index >= 15 is 0 Å². The molecule has 0 bridgehead atoms. The zero-order valence-corrected chi connectivity index (χ0v) is 12.1. The molecule has 0 unspecified atom stereocenters. The molecule has 1 amide bonds. The second kappa shape index (κ2) is 6.89. The number of carbonyl (C=O) groups excluding carboxylic acids is 1. The minimum atomic E-state index is -0.867. The Balaban J connectivity index is 2.20. The molecule has 19 heavy (non-hydrogen) atoms. The standard InChI is InChI=1S/C14H25NO4/c1-14(2,9-13(17)18)8-12(16)15(3)6-7-19-10-11-4-5-11/h11H,4-10H2,1-3H3,(H,17,18). The lowest BCUT2D eigenvalue weighted by molar-refractivity contribution is -0.140. The summed E-state index contributed by atoms with van der Waals surface area (Å²) in [4.78, 5) is 24.3. The van der Waals surface area contributed by atoms with Gasteiger partial charge < -0.3 is 14.7 Å². The van der Waals surface area contributed by atoms with Crippen LogP contribution in [0.3, 0.4) is 0 Å². The lowest BCUT2D eigenvalue weighted by Gasteiger charge is -2.25. The Morgan fingerprint density at radius 1 is 1.32 bits per heavy atom. The molecule has 0 radical (unpaired) electrons. The van der Waals surface area contributed by atoms with E-state index < -0.39 is 11.4 Å². The van der Waals surface area contributed by atoms with Gasteiger partial charge in [-0.2, -0.15) is 0 Å². The fourth-order valence-corrected chi connectivity index (χ4v) is 1.88. The highest BCUT2D eigenvalue weighted by atomic mass is 16.5. The third-order valence-electron chi connectivity index (χ3n) is 3.31. The van der Waals surface area contributed by atoms with Crippen molar-refractivity contribution in [3.05, 3.63) is 0 Å². The van der Waals surface area contributed by atoms with Gasteiger partial charge in [0.05, 0.1) is 13.0 Å². The Hall–Kier alpha value is -1.10. The third-order valence-corrected chi connectivity index (χ3v) is 3.31. The predicted molar refractivity (Wildman–Crippen MR) is 71.8 cm³/mol. The summed E-state index contributed by atoms with van der Waals surface area (Å²) >= 11 is 0. The van der Waals surface area contributed by atoms with Crippen molar-refractivity contribution < 1.29 is 19.4 Å². The summed E-state index contributed by atoms with van der Waals surface area (Å²) < 4.78 is 5.49. The van der Waals surface area contributed by atoms with Gasteiger partial charge in [0.1, 0.15) is 0 Å². The molecule has 0 aromatic heterocycles. The zero-order valence-electron chi connectivity index (χ0n) is 12.1. The van der Waals surface area contributed by atoms with Gasteiger partial charge >= 0.3 is 5.97 Å². The molecule has 5 heteroatoms. The van der Waals surface area contributed by atoms with Crippen LogP contribution in [-0.4, -0.2) is 48.7 Å². The molecular weight excluding hydrogens is 246 g/mol. The first-order valence-corrected chi connectivity index (χ1v) is 6.84. The number of nitrogens with zero attached hydrogens (tertiary/aromatic N) is 1. The summed E-state index contributed by atoms with van der Waals surface area (Å²) in [5, 5.41) is 8.79. The molecule has 1 saturated carbocycles. The molecule has 0 spiro atoms. The van der Waals surface area contributed by atoms with E-state index in [2.05, 4.69) is 0 Å². The largest absolute Gasteiger partial charge is 0.481 e. The number of aliphatic carboxylic acids is 1. The fraction of sp³-hybridized carbons (Fsp3) is 0.857. The van der Waals surface area contributed by atoms with E-state index in [0.29, 0.717) is 13.2 Å². The Kier molecular flexibility index (Phi) is 5.79. The summed E-state index contributed by atoms with van der Waals surface area (Å²) in [6, 6.07) is 0. The van der Waals surface area contributed by atoms with Crippen LogP contribution >= 0.6 is 0 Å². The van der Waals surface area contributed by atoms with E-state index in [1.54, 1.807) is 25.8 Å². The lowest BCUT2D eigenvalue weighted by atomic mass is 9.85. The molecule has 5 nitrogen and oxygen atoms in total. The van der Waals surface area contributed by atoms with E-state index in [0.717, 1.165) is 12.5 Å². The molecule has 1 fully saturated rings. The van der Waals surface area contributed by atoms with Gasteiger partial charge in [-0.1, -0.05) is 13.8 Å². The lowest BCUT2D eigenvalue weighted by Crippen LogP contribution is -2.34. The number of ether oxygens (including phenoxy) is 1. The molecule has 0 aromatic carbocycles. The van der Waals surface area contributed by atoms with Crippen molar-refractivity contribution in [1.29, 1.82) is 0 Å². The molecule has 0 atom stereocenters. The van der Waals surface area contributed by atoms with E-state index in [4.69, 9.17) is 9.84 Å². The second-order valence-electron chi connectivity index (χ2n) is 6.25. The average Bonchev–Trinajstić information content (AvgIpc) is 3.05. The van der Waals surface area contributed by atoms with Crippen molar-refractivity contribution in [3.63, 3.8) is 0 Å². The molecule has 1 aliphatic carbocycles. The maximum atomic E-state index is 12.0. The summed E-state index contributed by atoms with van der Waals surface area (Å²) in [6.07, 6.45) is 2.78. The topological polar surface area (TPSA) is 66.8 Å². The number of amides is 1. The first-order chi connectivity index (χ1) is 8.80. The summed E-state index contributed by atoms with van der Waals surface area (Å²) in [5.41, 5.74) is -0.508. The van der Waals surface area contributed by atoms with Crippen molar-refractivity contribution >= 4 is 11.9 Å². The molecule has 0 aliphatic heterocycles. The first-order valence-electron chi connectivity index (χ1n) is 6.84. The van der Waals surface area contributed by atoms with Gasteiger partial charge in [-0.15, -0.1) is 0 Å². The SMILES string of the molecule is CN(CCOCC1CC1)C(=O)CC(C)(C)CC(=O)O. The predicted octanol–water partition coefficient (Wildman–Crippen LogP) is 1.76. The Morgan fingerprint density at radius 3 is 2.47 bits per heavy atom. The van der Waals surface area contributed by atoms with E-state index in [1.807, 2.05) is 0 Å². The molecule has 1 aliphatic rings. The van der Waals surface area contributed by atoms with Crippen LogP contribution in [0.5, 0.6) is 0 Å². The maximum Gasteiger partial charge on any atom is 0.303 e. The quantitative estimate of drug-likeness (QED) is 0.649. The number of carboxylic acids is 1. The summed E-state index contributed by atoms with van der Waals surface area (Å²) in [7, 11) is 1.74. The van der Waals surface area contributed by atoms with Crippen molar-refractivity contribution in [2.75, 3.05) is 26.8 Å². The van der Waals surface area contributed by atoms with Crippen LogP contribution in [0.1, 0.15) is 39.5 Å². The maximum absolute atomic E-state index is 12.0. The molecule has 0 saturated heterocycles. The summed E-state index contributed by atoms with van der Waals surface area (Å²) in [5.74, 6) is -0.162. The van der Waals surface area contributed by atoms with E-state index in [1.165, 1.54) is 12.8 Å². The van der Waals surface area contributed by atoms with Crippen molar-refractivity contribution in [3.8, 4) is 0 Å². The molecule has 0 aromatic rings. The van der Waals surface area contributed by atoms with Gasteiger partial charge in [-0.05, 0) is 24.2 Å². The van der Waals surface area contributed by atoms with Crippen LogP contribution in [0.2, 0.25) is 0 Å². The van der Waals surface area contributed by atoms with Crippen LogP contribution in [0.25, 0.3) is 0 Å². The number of carboxylic acid groups (broad SMARTS) is 1. The van der Waals surface area contributed by atoms with Crippen molar-refractivity contribution in [2.45, 2.75) is 39.5 Å².